The van der Waals surface area contributed by atoms with E-state index in [0.717, 1.165) is 12.3 Å². The number of alkyl carbamates (subject to hydrolysis) is 1. The lowest BCUT2D eigenvalue weighted by atomic mass is 10.1. The molecule has 0 spiro atoms. The number of ether oxygens (including phenoxy) is 1. The van der Waals surface area contributed by atoms with E-state index in [4.69, 9.17) is 4.74 Å². The van der Waals surface area contributed by atoms with Gasteiger partial charge in [0.2, 0.25) is 5.95 Å². The van der Waals surface area contributed by atoms with Crippen LogP contribution in [0.3, 0.4) is 0 Å². The summed E-state index contributed by atoms with van der Waals surface area (Å²) >= 11 is 0. The molecular weight excluding hydrogens is 286 g/mol. The van der Waals surface area contributed by atoms with Crippen molar-refractivity contribution in [2.24, 2.45) is 0 Å². The molecule has 0 aliphatic rings. The fourth-order valence-corrected chi connectivity index (χ4v) is 1.43. The molecule has 1 aromatic heterocycles. The first kappa shape index (κ1) is 17.3. The molecule has 0 aromatic carbocycles. The number of rotatable bonds is 4. The zero-order valence-corrected chi connectivity index (χ0v) is 11.9. The van der Waals surface area contributed by atoms with Crippen molar-refractivity contribution in [2.45, 2.75) is 38.6 Å². The number of hydrogen-bond acceptors (Lipinski definition) is 5. The number of aromatic nitrogens is 1. The van der Waals surface area contributed by atoms with Crippen molar-refractivity contribution in [1.29, 1.82) is 0 Å². The van der Waals surface area contributed by atoms with Gasteiger partial charge in [-0.25, -0.2) is 14.2 Å². The summed E-state index contributed by atoms with van der Waals surface area (Å²) in [5, 5.41) is 21.7. The molecule has 0 bridgehead atoms. The summed E-state index contributed by atoms with van der Waals surface area (Å²) in [6.07, 6.45) is -2.82. The molecule has 3 N–H and O–H groups in total. The molecule has 0 saturated heterocycles. The van der Waals surface area contributed by atoms with Gasteiger partial charge in [-0.2, -0.15) is 4.39 Å². The van der Waals surface area contributed by atoms with Gasteiger partial charge in [-0.15, -0.1) is 0 Å². The van der Waals surface area contributed by atoms with Gasteiger partial charge in [0, 0.05) is 18.3 Å². The second-order valence-corrected chi connectivity index (χ2v) is 5.44. The average Bonchev–Trinajstić information content (AvgIpc) is 2.36. The fourth-order valence-electron chi connectivity index (χ4n) is 1.43. The van der Waals surface area contributed by atoms with Crippen LogP contribution >= 0.6 is 0 Å². The molecule has 1 rings (SSSR count). The van der Waals surface area contributed by atoms with Gasteiger partial charge in [0.25, 0.3) is 0 Å². The van der Waals surface area contributed by atoms with Crippen LogP contribution in [0.1, 0.15) is 32.4 Å². The van der Waals surface area contributed by atoms with Crippen molar-refractivity contribution in [3.8, 4) is 0 Å². The van der Waals surface area contributed by atoms with Crippen molar-refractivity contribution in [1.82, 2.24) is 10.3 Å². The Kier molecular flexibility index (Phi) is 5.56. The molecule has 0 aliphatic heterocycles. The molecule has 0 aliphatic carbocycles. The maximum atomic E-state index is 13.0. The van der Waals surface area contributed by atoms with E-state index in [-0.39, 0.29) is 12.1 Å². The highest BCUT2D eigenvalue weighted by molar-refractivity contribution is 5.67. The Hall–Kier alpha value is -1.80. The van der Waals surface area contributed by atoms with Crippen LogP contribution < -0.4 is 5.32 Å². The van der Waals surface area contributed by atoms with Crippen LogP contribution in [0, 0.1) is 11.8 Å². The van der Waals surface area contributed by atoms with Gasteiger partial charge < -0.3 is 20.3 Å². The van der Waals surface area contributed by atoms with Crippen molar-refractivity contribution in [2.75, 3.05) is 6.54 Å². The molecule has 1 aromatic rings. The number of carbonyl (C=O) groups is 1. The summed E-state index contributed by atoms with van der Waals surface area (Å²) < 4.78 is 30.6. The topological polar surface area (TPSA) is 91.7 Å². The third kappa shape index (κ3) is 5.60. The molecule has 0 saturated carbocycles. The largest absolute Gasteiger partial charge is 0.444 e. The van der Waals surface area contributed by atoms with Crippen LogP contribution in [-0.2, 0) is 4.74 Å². The third-order valence-electron chi connectivity index (χ3n) is 2.38. The van der Waals surface area contributed by atoms with Gasteiger partial charge in [0.1, 0.15) is 17.8 Å². The second kappa shape index (κ2) is 6.77. The van der Waals surface area contributed by atoms with Crippen LogP contribution in [-0.4, -0.2) is 39.5 Å². The van der Waals surface area contributed by atoms with E-state index in [1.807, 2.05) is 0 Å². The number of nitrogens with one attached hydrogen (secondary N) is 1. The summed E-state index contributed by atoms with van der Waals surface area (Å²) in [4.78, 5) is 14.5. The van der Waals surface area contributed by atoms with E-state index >= 15 is 0 Å². The lowest BCUT2D eigenvalue weighted by Crippen LogP contribution is -2.38. The van der Waals surface area contributed by atoms with Gasteiger partial charge in [-0.3, -0.25) is 0 Å². The lowest BCUT2D eigenvalue weighted by Gasteiger charge is -2.22. The van der Waals surface area contributed by atoms with E-state index in [9.17, 15) is 23.8 Å². The Morgan fingerprint density at radius 2 is 2.05 bits per heavy atom. The Morgan fingerprint density at radius 3 is 2.57 bits per heavy atom. The minimum Gasteiger partial charge on any atom is -0.444 e. The summed E-state index contributed by atoms with van der Waals surface area (Å²) in [6.45, 7) is 4.69. The van der Waals surface area contributed by atoms with Crippen LogP contribution in [0.15, 0.2) is 12.3 Å². The summed E-state index contributed by atoms with van der Waals surface area (Å²) in [7, 11) is 0. The van der Waals surface area contributed by atoms with Gasteiger partial charge in [-0.05, 0) is 26.8 Å². The molecule has 0 fully saturated rings. The van der Waals surface area contributed by atoms with Crippen LogP contribution in [0.2, 0.25) is 0 Å². The first-order valence-electron chi connectivity index (χ1n) is 6.24. The van der Waals surface area contributed by atoms with E-state index in [0.29, 0.717) is 0 Å². The SMILES string of the molecule is CC(C)(C)OC(=O)NCC(O)C(O)c1cnc(F)c(F)c1. The minimum atomic E-state index is -1.53. The van der Waals surface area contributed by atoms with Gasteiger partial charge in [0.15, 0.2) is 5.82 Å². The number of aliphatic hydroxyl groups excluding tert-OH is 2. The quantitative estimate of drug-likeness (QED) is 0.729. The Labute approximate surface area is 120 Å². The first-order valence-corrected chi connectivity index (χ1v) is 6.24. The molecule has 8 heteroatoms. The molecule has 1 heterocycles. The first-order chi connectivity index (χ1) is 9.60. The summed E-state index contributed by atoms with van der Waals surface area (Å²) in [6, 6.07) is 0.726. The fraction of sp³-hybridized carbons (Fsp3) is 0.538. The number of nitrogens with zero attached hydrogens (tertiary/aromatic N) is 1. The van der Waals surface area contributed by atoms with Crippen molar-refractivity contribution < 1.29 is 28.5 Å². The Morgan fingerprint density at radius 1 is 1.43 bits per heavy atom. The van der Waals surface area contributed by atoms with Crippen molar-refractivity contribution in [3.05, 3.63) is 29.6 Å². The predicted octanol–water partition coefficient (Wildman–Crippen LogP) is 1.28. The Bertz CT molecular complexity index is 505. The zero-order chi connectivity index (χ0) is 16.2. The number of hydrogen-bond donors (Lipinski definition) is 3. The van der Waals surface area contributed by atoms with Gasteiger partial charge >= 0.3 is 6.09 Å². The normalized spacial score (nSPS) is 14.4. The molecule has 0 radical (unpaired) electrons. The molecular formula is C13H18F2N2O4. The van der Waals surface area contributed by atoms with E-state index in [2.05, 4.69) is 10.3 Å². The highest BCUT2D eigenvalue weighted by Gasteiger charge is 2.22. The standard InChI is InChI=1S/C13H18F2N2O4/c1-13(2,3)21-12(20)17-6-9(18)10(19)7-4-8(14)11(15)16-5-7/h4-5,9-10,18-19H,6H2,1-3H3,(H,17,20). The molecule has 1 amide bonds. The van der Waals surface area contributed by atoms with Crippen LogP contribution in [0.5, 0.6) is 0 Å². The lowest BCUT2D eigenvalue weighted by molar-refractivity contribution is 0.0125. The third-order valence-corrected chi connectivity index (χ3v) is 2.38. The van der Waals surface area contributed by atoms with Gasteiger partial charge in [0.05, 0.1) is 0 Å². The summed E-state index contributed by atoms with van der Waals surface area (Å²) in [5.74, 6) is -2.54. The van der Waals surface area contributed by atoms with E-state index in [1.54, 1.807) is 20.8 Å². The maximum absolute atomic E-state index is 13.0. The van der Waals surface area contributed by atoms with Gasteiger partial charge in [-0.1, -0.05) is 0 Å². The maximum Gasteiger partial charge on any atom is 0.407 e. The van der Waals surface area contributed by atoms with E-state index < -0.39 is 35.7 Å². The minimum absolute atomic E-state index is 0.104. The number of pyridine rings is 1. The van der Waals surface area contributed by atoms with Crippen LogP contribution in [0.4, 0.5) is 13.6 Å². The molecule has 6 nitrogen and oxygen atoms in total. The molecule has 2 atom stereocenters. The predicted molar refractivity (Wildman–Crippen MR) is 69.4 cm³/mol. The monoisotopic (exact) mass is 304 g/mol. The number of aliphatic hydroxyl groups is 2. The molecule has 118 valence electrons. The average molecular weight is 304 g/mol. The summed E-state index contributed by atoms with van der Waals surface area (Å²) in [5.41, 5.74) is -0.801. The molecule has 2 unspecified atom stereocenters. The van der Waals surface area contributed by atoms with E-state index in [1.165, 1.54) is 0 Å². The highest BCUT2D eigenvalue weighted by atomic mass is 19.2. The number of amides is 1. The Balaban J connectivity index is 2.56. The molecule has 21 heavy (non-hydrogen) atoms. The highest BCUT2D eigenvalue weighted by Crippen LogP contribution is 2.17. The zero-order valence-electron chi connectivity index (χ0n) is 11.9. The second-order valence-electron chi connectivity index (χ2n) is 5.44. The number of carbonyl (C=O) groups excluding carboxylic acids is 1. The van der Waals surface area contributed by atoms with Crippen LogP contribution in [0.25, 0.3) is 0 Å². The smallest absolute Gasteiger partial charge is 0.407 e. The number of halogens is 2. The van der Waals surface area contributed by atoms with Crippen molar-refractivity contribution in [3.63, 3.8) is 0 Å². The van der Waals surface area contributed by atoms with Crippen molar-refractivity contribution >= 4 is 6.09 Å².